The third-order valence-electron chi connectivity index (χ3n) is 3.38. The second-order valence-corrected chi connectivity index (χ2v) is 5.72. The van der Waals surface area contributed by atoms with Crippen molar-refractivity contribution in [3.63, 3.8) is 0 Å². The summed E-state index contributed by atoms with van der Waals surface area (Å²) in [4.78, 5) is 12.4. The summed E-state index contributed by atoms with van der Waals surface area (Å²) >= 11 is 5.93. The largest absolute Gasteiger partial charge is 0.481 e. The number of hydrogen-bond acceptors (Lipinski definition) is 2. The molecule has 0 fully saturated rings. The van der Waals surface area contributed by atoms with Gasteiger partial charge in [-0.15, -0.1) is 0 Å². The summed E-state index contributed by atoms with van der Waals surface area (Å²) in [6.45, 7) is 5.82. The van der Waals surface area contributed by atoms with Gasteiger partial charge in [0.05, 0.1) is 0 Å². The second-order valence-electron chi connectivity index (χ2n) is 5.28. The first-order chi connectivity index (χ1) is 10.5. The van der Waals surface area contributed by atoms with Crippen molar-refractivity contribution in [2.75, 3.05) is 5.32 Å². The first-order valence-corrected chi connectivity index (χ1v) is 7.67. The van der Waals surface area contributed by atoms with E-state index in [1.807, 2.05) is 51.1 Å². The van der Waals surface area contributed by atoms with Crippen LogP contribution in [0.3, 0.4) is 0 Å². The Labute approximate surface area is 136 Å². The smallest absolute Gasteiger partial charge is 0.265 e. The first-order valence-electron chi connectivity index (χ1n) is 7.30. The fourth-order valence-corrected chi connectivity index (χ4v) is 2.38. The zero-order valence-electron chi connectivity index (χ0n) is 13.0. The zero-order valence-corrected chi connectivity index (χ0v) is 13.8. The van der Waals surface area contributed by atoms with E-state index in [0.717, 1.165) is 16.8 Å². The van der Waals surface area contributed by atoms with Crippen LogP contribution in [0, 0.1) is 13.8 Å². The molecule has 4 heteroatoms. The Kier molecular flexibility index (Phi) is 5.45. The molecule has 22 heavy (non-hydrogen) atoms. The Morgan fingerprint density at radius 1 is 1.23 bits per heavy atom. The SMILES string of the molecule is CC[C@@H](Oc1cccc(C)c1)C(=O)Nc1ccc(Cl)cc1C. The summed E-state index contributed by atoms with van der Waals surface area (Å²) in [6.07, 6.45) is 0.0590. The third-order valence-corrected chi connectivity index (χ3v) is 3.61. The number of amides is 1. The van der Waals surface area contributed by atoms with Crippen LogP contribution in [0.2, 0.25) is 5.02 Å². The molecule has 0 radical (unpaired) electrons. The molecule has 1 atom stereocenters. The Morgan fingerprint density at radius 2 is 2.00 bits per heavy atom. The van der Waals surface area contributed by atoms with Crippen molar-refractivity contribution in [3.05, 3.63) is 58.6 Å². The van der Waals surface area contributed by atoms with E-state index in [-0.39, 0.29) is 5.91 Å². The molecular formula is C18H20ClNO2. The van der Waals surface area contributed by atoms with Crippen LogP contribution in [0.25, 0.3) is 0 Å². The lowest BCUT2D eigenvalue weighted by Gasteiger charge is -2.18. The van der Waals surface area contributed by atoms with Gasteiger partial charge >= 0.3 is 0 Å². The molecule has 0 bridgehead atoms. The molecule has 0 aliphatic heterocycles. The van der Waals surface area contributed by atoms with E-state index in [0.29, 0.717) is 17.2 Å². The predicted octanol–water partition coefficient (Wildman–Crippen LogP) is 4.75. The molecule has 0 spiro atoms. The van der Waals surface area contributed by atoms with Crippen LogP contribution in [-0.2, 0) is 4.79 Å². The lowest BCUT2D eigenvalue weighted by atomic mass is 10.2. The van der Waals surface area contributed by atoms with Crippen molar-refractivity contribution in [3.8, 4) is 5.75 Å². The van der Waals surface area contributed by atoms with E-state index in [1.54, 1.807) is 12.1 Å². The van der Waals surface area contributed by atoms with Crippen molar-refractivity contribution in [2.24, 2.45) is 0 Å². The van der Waals surface area contributed by atoms with Crippen LogP contribution in [0.1, 0.15) is 24.5 Å². The number of hydrogen-bond donors (Lipinski definition) is 1. The number of carbonyl (C=O) groups excluding carboxylic acids is 1. The van der Waals surface area contributed by atoms with Gasteiger partial charge < -0.3 is 10.1 Å². The van der Waals surface area contributed by atoms with Gasteiger partial charge in [-0.25, -0.2) is 0 Å². The summed E-state index contributed by atoms with van der Waals surface area (Å²) in [5.41, 5.74) is 2.77. The zero-order chi connectivity index (χ0) is 16.1. The second kappa shape index (κ2) is 7.32. The topological polar surface area (TPSA) is 38.3 Å². The number of rotatable bonds is 5. The molecule has 1 amide bonds. The maximum Gasteiger partial charge on any atom is 0.265 e. The van der Waals surface area contributed by atoms with E-state index >= 15 is 0 Å². The van der Waals surface area contributed by atoms with Crippen LogP contribution >= 0.6 is 11.6 Å². The Balaban J connectivity index is 2.08. The molecule has 0 unspecified atom stereocenters. The summed E-state index contributed by atoms with van der Waals surface area (Å²) in [6, 6.07) is 13.1. The lowest BCUT2D eigenvalue weighted by Crippen LogP contribution is -2.32. The van der Waals surface area contributed by atoms with Crippen molar-refractivity contribution in [2.45, 2.75) is 33.3 Å². The number of carbonyl (C=O) groups is 1. The van der Waals surface area contributed by atoms with Gasteiger partial charge in [-0.3, -0.25) is 4.79 Å². The van der Waals surface area contributed by atoms with Gasteiger partial charge in [-0.1, -0.05) is 30.7 Å². The molecule has 116 valence electrons. The van der Waals surface area contributed by atoms with Gasteiger partial charge in [0.2, 0.25) is 0 Å². The van der Waals surface area contributed by atoms with E-state index < -0.39 is 6.10 Å². The Hall–Kier alpha value is -2.00. The average molecular weight is 318 g/mol. The van der Waals surface area contributed by atoms with Crippen molar-refractivity contribution >= 4 is 23.2 Å². The number of benzene rings is 2. The van der Waals surface area contributed by atoms with Crippen molar-refractivity contribution < 1.29 is 9.53 Å². The van der Waals surface area contributed by atoms with E-state index in [2.05, 4.69) is 5.32 Å². The summed E-state index contributed by atoms with van der Waals surface area (Å²) in [7, 11) is 0. The Morgan fingerprint density at radius 3 is 2.64 bits per heavy atom. The van der Waals surface area contributed by atoms with Gasteiger partial charge in [0.25, 0.3) is 5.91 Å². The molecule has 0 aliphatic carbocycles. The highest BCUT2D eigenvalue weighted by Gasteiger charge is 2.19. The fraction of sp³-hybridized carbons (Fsp3) is 0.278. The molecule has 2 rings (SSSR count). The molecule has 2 aromatic rings. The molecule has 0 aromatic heterocycles. The lowest BCUT2D eigenvalue weighted by molar-refractivity contribution is -0.122. The number of halogens is 1. The highest BCUT2D eigenvalue weighted by atomic mass is 35.5. The summed E-state index contributed by atoms with van der Waals surface area (Å²) in [5.74, 6) is 0.546. The number of ether oxygens (including phenoxy) is 1. The van der Waals surface area contributed by atoms with Crippen molar-refractivity contribution in [1.82, 2.24) is 0 Å². The number of anilines is 1. The number of aryl methyl sites for hydroxylation is 2. The maximum absolute atomic E-state index is 12.4. The van der Waals surface area contributed by atoms with Crippen LogP contribution < -0.4 is 10.1 Å². The minimum Gasteiger partial charge on any atom is -0.481 e. The molecule has 3 nitrogen and oxygen atoms in total. The highest BCUT2D eigenvalue weighted by Crippen LogP contribution is 2.21. The van der Waals surface area contributed by atoms with Crippen LogP contribution in [0.4, 0.5) is 5.69 Å². The molecule has 0 saturated carbocycles. The highest BCUT2D eigenvalue weighted by molar-refractivity contribution is 6.30. The van der Waals surface area contributed by atoms with Gasteiger partial charge in [0.15, 0.2) is 6.10 Å². The third kappa shape index (κ3) is 4.25. The molecule has 0 saturated heterocycles. The van der Waals surface area contributed by atoms with Gasteiger partial charge in [0, 0.05) is 10.7 Å². The van der Waals surface area contributed by atoms with E-state index in [1.165, 1.54) is 0 Å². The minimum absolute atomic E-state index is 0.158. The van der Waals surface area contributed by atoms with Crippen LogP contribution in [0.15, 0.2) is 42.5 Å². The average Bonchev–Trinajstić information content (AvgIpc) is 2.47. The van der Waals surface area contributed by atoms with Crippen LogP contribution in [0.5, 0.6) is 5.75 Å². The molecule has 0 heterocycles. The number of nitrogens with one attached hydrogen (secondary N) is 1. The summed E-state index contributed by atoms with van der Waals surface area (Å²) in [5, 5.41) is 3.55. The van der Waals surface area contributed by atoms with Crippen LogP contribution in [-0.4, -0.2) is 12.0 Å². The van der Waals surface area contributed by atoms with Gasteiger partial charge in [-0.2, -0.15) is 0 Å². The van der Waals surface area contributed by atoms with E-state index in [9.17, 15) is 4.79 Å². The minimum atomic E-state index is -0.531. The normalized spacial score (nSPS) is 11.8. The standard InChI is InChI=1S/C18H20ClNO2/c1-4-17(22-15-7-5-6-12(2)10-15)18(21)20-16-9-8-14(19)11-13(16)3/h5-11,17H,4H2,1-3H3,(H,20,21)/t17-/m1/s1. The molecule has 2 aromatic carbocycles. The predicted molar refractivity (Wildman–Crippen MR) is 90.7 cm³/mol. The van der Waals surface area contributed by atoms with Gasteiger partial charge in [-0.05, 0) is 61.7 Å². The maximum atomic E-state index is 12.4. The summed E-state index contributed by atoms with van der Waals surface area (Å²) < 4.78 is 5.80. The van der Waals surface area contributed by atoms with Crippen molar-refractivity contribution in [1.29, 1.82) is 0 Å². The van der Waals surface area contributed by atoms with E-state index in [4.69, 9.17) is 16.3 Å². The molecule has 0 aliphatic rings. The quantitative estimate of drug-likeness (QED) is 0.864. The fourth-order valence-electron chi connectivity index (χ4n) is 2.16. The monoisotopic (exact) mass is 317 g/mol. The first kappa shape index (κ1) is 16.4. The molecular weight excluding hydrogens is 298 g/mol. The molecule has 1 N–H and O–H groups in total. The van der Waals surface area contributed by atoms with Gasteiger partial charge in [0.1, 0.15) is 5.75 Å². The Bertz CT molecular complexity index is 670.